The second-order valence-corrected chi connectivity index (χ2v) is 7.04. The fourth-order valence-corrected chi connectivity index (χ4v) is 3.73. The van der Waals surface area contributed by atoms with Gasteiger partial charge in [-0.15, -0.1) is 0 Å². The first kappa shape index (κ1) is 18.3. The molecule has 0 aromatic heterocycles. The molecule has 2 aromatic carbocycles. The molecule has 0 bridgehead atoms. The molecule has 2 aromatic rings. The molecule has 0 spiro atoms. The lowest BCUT2D eigenvalue weighted by Gasteiger charge is -2.32. The SMILES string of the molecule is COc1ccccc1CC1CCN(C(=O)CCc2ccccc2N)CC1. The van der Waals surface area contributed by atoms with Crippen molar-refractivity contribution in [3.63, 3.8) is 0 Å². The van der Waals surface area contributed by atoms with E-state index in [1.807, 2.05) is 41.3 Å². The minimum atomic E-state index is 0.240. The number of aryl methyl sites for hydroxylation is 1. The zero-order valence-electron chi connectivity index (χ0n) is 15.5. The topological polar surface area (TPSA) is 55.6 Å². The van der Waals surface area contributed by atoms with Gasteiger partial charge in [-0.05, 0) is 54.9 Å². The van der Waals surface area contributed by atoms with Gasteiger partial charge in [0.05, 0.1) is 7.11 Å². The molecule has 0 saturated carbocycles. The number of nitrogens with zero attached hydrogens (tertiary/aromatic N) is 1. The molecule has 0 radical (unpaired) electrons. The van der Waals surface area contributed by atoms with Crippen LogP contribution in [-0.2, 0) is 17.6 Å². The van der Waals surface area contributed by atoms with E-state index in [1.54, 1.807) is 7.11 Å². The normalized spacial score (nSPS) is 15.0. The number of methoxy groups -OCH3 is 1. The molecule has 138 valence electrons. The highest BCUT2D eigenvalue weighted by Gasteiger charge is 2.23. The molecule has 1 heterocycles. The Morgan fingerprint density at radius 3 is 2.42 bits per heavy atom. The van der Waals surface area contributed by atoms with Crippen molar-refractivity contribution in [2.45, 2.75) is 32.1 Å². The highest BCUT2D eigenvalue weighted by atomic mass is 16.5. The Morgan fingerprint density at radius 2 is 1.73 bits per heavy atom. The third-order valence-corrected chi connectivity index (χ3v) is 5.33. The van der Waals surface area contributed by atoms with Crippen LogP contribution in [0.15, 0.2) is 48.5 Å². The van der Waals surface area contributed by atoms with Gasteiger partial charge in [0.1, 0.15) is 5.75 Å². The molecule has 1 aliphatic rings. The summed E-state index contributed by atoms with van der Waals surface area (Å²) in [6.07, 6.45) is 4.37. The van der Waals surface area contributed by atoms with E-state index >= 15 is 0 Å². The average Bonchev–Trinajstić information content (AvgIpc) is 2.68. The molecule has 3 rings (SSSR count). The number of hydrogen-bond acceptors (Lipinski definition) is 3. The number of anilines is 1. The number of amides is 1. The maximum absolute atomic E-state index is 12.5. The highest BCUT2D eigenvalue weighted by molar-refractivity contribution is 5.76. The molecule has 0 aliphatic carbocycles. The lowest BCUT2D eigenvalue weighted by atomic mass is 9.89. The minimum Gasteiger partial charge on any atom is -0.496 e. The number of ether oxygens (including phenoxy) is 1. The van der Waals surface area contributed by atoms with Gasteiger partial charge in [-0.1, -0.05) is 36.4 Å². The van der Waals surface area contributed by atoms with Crippen molar-refractivity contribution in [1.29, 1.82) is 0 Å². The van der Waals surface area contributed by atoms with E-state index in [-0.39, 0.29) is 5.91 Å². The largest absolute Gasteiger partial charge is 0.496 e. The molecule has 4 heteroatoms. The molecule has 1 aliphatic heterocycles. The summed E-state index contributed by atoms with van der Waals surface area (Å²) in [5.41, 5.74) is 9.06. The molecular formula is C22H28N2O2. The molecule has 1 fully saturated rings. The first-order valence-corrected chi connectivity index (χ1v) is 9.40. The van der Waals surface area contributed by atoms with Crippen LogP contribution in [-0.4, -0.2) is 31.0 Å². The minimum absolute atomic E-state index is 0.240. The Bertz CT molecular complexity index is 736. The molecule has 0 unspecified atom stereocenters. The van der Waals surface area contributed by atoms with Gasteiger partial charge in [0, 0.05) is 25.2 Å². The Balaban J connectivity index is 1.47. The number of nitrogen functional groups attached to an aromatic ring is 1. The van der Waals surface area contributed by atoms with Gasteiger partial charge in [0.15, 0.2) is 0 Å². The first-order valence-electron chi connectivity index (χ1n) is 9.40. The third kappa shape index (κ3) is 4.57. The van der Waals surface area contributed by atoms with Crippen molar-refractivity contribution >= 4 is 11.6 Å². The van der Waals surface area contributed by atoms with Crippen LogP contribution in [0.3, 0.4) is 0 Å². The van der Waals surface area contributed by atoms with Crippen LogP contribution < -0.4 is 10.5 Å². The van der Waals surface area contributed by atoms with Gasteiger partial charge in [-0.3, -0.25) is 4.79 Å². The number of rotatable bonds is 6. The maximum Gasteiger partial charge on any atom is 0.222 e. The smallest absolute Gasteiger partial charge is 0.222 e. The molecule has 26 heavy (non-hydrogen) atoms. The number of benzene rings is 2. The third-order valence-electron chi connectivity index (χ3n) is 5.33. The Labute approximate surface area is 156 Å². The van der Waals surface area contributed by atoms with Gasteiger partial charge in [-0.25, -0.2) is 0 Å². The second-order valence-electron chi connectivity index (χ2n) is 7.04. The first-order chi connectivity index (χ1) is 12.7. The van der Waals surface area contributed by atoms with Crippen LogP contribution in [0.25, 0.3) is 0 Å². The zero-order valence-corrected chi connectivity index (χ0v) is 15.5. The van der Waals surface area contributed by atoms with Crippen LogP contribution in [0.5, 0.6) is 5.75 Å². The summed E-state index contributed by atoms with van der Waals surface area (Å²) in [6, 6.07) is 16.0. The number of carbonyl (C=O) groups is 1. The Hall–Kier alpha value is -2.49. The fraction of sp³-hybridized carbons (Fsp3) is 0.409. The van der Waals surface area contributed by atoms with E-state index in [0.717, 1.165) is 49.4 Å². The van der Waals surface area contributed by atoms with Crippen molar-refractivity contribution in [3.05, 3.63) is 59.7 Å². The lowest BCUT2D eigenvalue weighted by Crippen LogP contribution is -2.39. The van der Waals surface area contributed by atoms with Crippen molar-refractivity contribution in [2.75, 3.05) is 25.9 Å². The Kier molecular flexibility index (Phi) is 6.16. The maximum atomic E-state index is 12.5. The number of likely N-dealkylation sites (tertiary alicyclic amines) is 1. The summed E-state index contributed by atoms with van der Waals surface area (Å²) in [4.78, 5) is 14.5. The van der Waals surface area contributed by atoms with E-state index in [1.165, 1.54) is 5.56 Å². The lowest BCUT2D eigenvalue weighted by molar-refractivity contribution is -0.132. The van der Waals surface area contributed by atoms with Crippen molar-refractivity contribution in [3.8, 4) is 5.75 Å². The molecule has 0 atom stereocenters. The van der Waals surface area contributed by atoms with Crippen molar-refractivity contribution < 1.29 is 9.53 Å². The fourth-order valence-electron chi connectivity index (χ4n) is 3.73. The summed E-state index contributed by atoms with van der Waals surface area (Å²) in [5.74, 6) is 1.82. The van der Waals surface area contributed by atoms with Gasteiger partial charge in [0.2, 0.25) is 5.91 Å². The molecule has 2 N–H and O–H groups in total. The van der Waals surface area contributed by atoms with Crippen LogP contribution in [0.4, 0.5) is 5.69 Å². The summed E-state index contributed by atoms with van der Waals surface area (Å²) in [6.45, 7) is 1.70. The van der Waals surface area contributed by atoms with E-state index in [9.17, 15) is 4.79 Å². The van der Waals surface area contributed by atoms with E-state index in [0.29, 0.717) is 18.8 Å². The Morgan fingerprint density at radius 1 is 1.08 bits per heavy atom. The summed E-state index contributed by atoms with van der Waals surface area (Å²) in [7, 11) is 1.72. The number of para-hydroxylation sites is 2. The standard InChI is InChI=1S/C22H28N2O2/c1-26-21-9-5-3-7-19(21)16-17-12-14-24(15-13-17)22(25)11-10-18-6-2-4-8-20(18)23/h2-9,17H,10-16,23H2,1H3. The summed E-state index contributed by atoms with van der Waals surface area (Å²) in [5, 5.41) is 0. The average molecular weight is 352 g/mol. The predicted octanol–water partition coefficient (Wildman–Crippen LogP) is 3.69. The van der Waals surface area contributed by atoms with Crippen LogP contribution in [0.2, 0.25) is 0 Å². The van der Waals surface area contributed by atoms with Gasteiger partial charge in [-0.2, -0.15) is 0 Å². The summed E-state index contributed by atoms with van der Waals surface area (Å²) >= 11 is 0. The monoisotopic (exact) mass is 352 g/mol. The number of carbonyl (C=O) groups excluding carboxylic acids is 1. The molecule has 1 saturated heterocycles. The van der Waals surface area contributed by atoms with Crippen molar-refractivity contribution in [1.82, 2.24) is 4.90 Å². The van der Waals surface area contributed by atoms with E-state index < -0.39 is 0 Å². The predicted molar refractivity (Wildman–Crippen MR) is 105 cm³/mol. The van der Waals surface area contributed by atoms with Gasteiger partial charge < -0.3 is 15.4 Å². The summed E-state index contributed by atoms with van der Waals surface area (Å²) < 4.78 is 5.46. The van der Waals surface area contributed by atoms with Crippen LogP contribution >= 0.6 is 0 Å². The van der Waals surface area contributed by atoms with E-state index in [2.05, 4.69) is 12.1 Å². The quantitative estimate of drug-likeness (QED) is 0.807. The van der Waals surface area contributed by atoms with Gasteiger partial charge >= 0.3 is 0 Å². The molecule has 1 amide bonds. The zero-order chi connectivity index (χ0) is 18.4. The number of nitrogens with two attached hydrogens (primary N) is 1. The van der Waals surface area contributed by atoms with Gasteiger partial charge in [0.25, 0.3) is 0 Å². The van der Waals surface area contributed by atoms with E-state index in [4.69, 9.17) is 10.5 Å². The number of hydrogen-bond donors (Lipinski definition) is 1. The number of piperidine rings is 1. The van der Waals surface area contributed by atoms with Crippen molar-refractivity contribution in [2.24, 2.45) is 5.92 Å². The highest BCUT2D eigenvalue weighted by Crippen LogP contribution is 2.27. The molecule has 4 nitrogen and oxygen atoms in total. The molecular weight excluding hydrogens is 324 g/mol. The second kappa shape index (κ2) is 8.75. The van der Waals surface area contributed by atoms with Crippen LogP contribution in [0.1, 0.15) is 30.4 Å². The van der Waals surface area contributed by atoms with Crippen LogP contribution in [0, 0.1) is 5.92 Å².